The van der Waals surface area contributed by atoms with Gasteiger partial charge in [-0.1, -0.05) is 74.5 Å². The van der Waals surface area contributed by atoms with Crippen LogP contribution in [-0.2, 0) is 16.8 Å². The van der Waals surface area contributed by atoms with Crippen LogP contribution in [0.4, 0.5) is 5.82 Å². The predicted octanol–water partition coefficient (Wildman–Crippen LogP) is 3.23. The standard InChI is InChI=1S/C28H30N6O4/c1-17(2)22(23(36)25-32-33-27(38-25)28(3,4)19-13-9-6-10-14-19)31-21(35)16-34-20(15-30-24(29)26(34)37)18-11-7-5-8-12-18/h5-15,17,22H,16H2,1-4H3,(H2,29,30)(H,31,35)/t22-/m0/s1. The van der Waals surface area contributed by atoms with Gasteiger partial charge in [0.1, 0.15) is 6.54 Å². The number of aromatic nitrogens is 4. The molecular weight excluding hydrogens is 484 g/mol. The molecule has 2 aromatic carbocycles. The van der Waals surface area contributed by atoms with E-state index in [9.17, 15) is 14.4 Å². The van der Waals surface area contributed by atoms with E-state index in [1.165, 1.54) is 10.8 Å². The Balaban J connectivity index is 1.56. The van der Waals surface area contributed by atoms with E-state index in [-0.39, 0.29) is 30.1 Å². The highest BCUT2D eigenvalue weighted by Gasteiger charge is 2.34. The van der Waals surface area contributed by atoms with Crippen molar-refractivity contribution in [2.24, 2.45) is 5.92 Å². The summed E-state index contributed by atoms with van der Waals surface area (Å²) in [6.07, 6.45) is 1.44. The molecule has 3 N–H and O–H groups in total. The maximum atomic E-state index is 13.4. The first kappa shape index (κ1) is 26.5. The summed E-state index contributed by atoms with van der Waals surface area (Å²) >= 11 is 0. The molecule has 0 saturated heterocycles. The quantitative estimate of drug-likeness (QED) is 0.324. The molecule has 196 valence electrons. The van der Waals surface area contributed by atoms with E-state index in [0.717, 1.165) is 5.56 Å². The number of Topliss-reactive ketones (excluding diaryl/α,β-unsaturated/α-hetero) is 1. The molecule has 0 aliphatic heterocycles. The molecule has 4 aromatic rings. The Bertz CT molecular complexity index is 1490. The number of nitrogens with two attached hydrogens (primary N) is 1. The number of amides is 1. The molecule has 0 saturated carbocycles. The lowest BCUT2D eigenvalue weighted by atomic mass is 9.85. The molecule has 38 heavy (non-hydrogen) atoms. The van der Waals surface area contributed by atoms with Crippen LogP contribution < -0.4 is 16.6 Å². The average molecular weight is 515 g/mol. The number of nitrogens with zero attached hydrogens (tertiary/aromatic N) is 4. The number of rotatable bonds is 9. The summed E-state index contributed by atoms with van der Waals surface area (Å²) < 4.78 is 7.04. The van der Waals surface area contributed by atoms with Gasteiger partial charge < -0.3 is 15.5 Å². The lowest BCUT2D eigenvalue weighted by Crippen LogP contribution is -2.46. The van der Waals surface area contributed by atoms with Crippen molar-refractivity contribution in [2.45, 2.75) is 45.7 Å². The van der Waals surface area contributed by atoms with Crippen LogP contribution in [0.5, 0.6) is 0 Å². The van der Waals surface area contributed by atoms with Gasteiger partial charge in [-0.25, -0.2) is 4.98 Å². The van der Waals surface area contributed by atoms with Crippen LogP contribution in [0.25, 0.3) is 11.3 Å². The summed E-state index contributed by atoms with van der Waals surface area (Å²) in [5.74, 6) is -1.50. The molecule has 10 nitrogen and oxygen atoms in total. The third kappa shape index (κ3) is 5.39. The molecule has 1 amide bonds. The van der Waals surface area contributed by atoms with Crippen LogP contribution in [0.15, 0.2) is 76.1 Å². The van der Waals surface area contributed by atoms with Gasteiger partial charge in [0.05, 0.1) is 23.3 Å². The number of ketones is 1. The molecule has 0 bridgehead atoms. The summed E-state index contributed by atoms with van der Waals surface area (Å²) in [5, 5.41) is 10.8. The normalized spacial score (nSPS) is 12.3. The Kier molecular flexibility index (Phi) is 7.52. The van der Waals surface area contributed by atoms with Gasteiger partial charge in [0, 0.05) is 0 Å². The van der Waals surface area contributed by atoms with E-state index >= 15 is 0 Å². The first-order valence-electron chi connectivity index (χ1n) is 12.2. The zero-order valence-corrected chi connectivity index (χ0v) is 21.7. The van der Waals surface area contributed by atoms with Crippen LogP contribution in [0.3, 0.4) is 0 Å². The minimum Gasteiger partial charge on any atom is -0.417 e. The predicted molar refractivity (Wildman–Crippen MR) is 142 cm³/mol. The second-order valence-corrected chi connectivity index (χ2v) is 9.84. The molecular formula is C28H30N6O4. The molecule has 0 radical (unpaired) electrons. The topological polar surface area (TPSA) is 146 Å². The third-order valence-corrected chi connectivity index (χ3v) is 6.38. The number of hydrogen-bond donors (Lipinski definition) is 2. The number of benzene rings is 2. The molecule has 10 heteroatoms. The van der Waals surface area contributed by atoms with Crippen LogP contribution in [-0.4, -0.2) is 37.5 Å². The number of nitrogen functional groups attached to an aromatic ring is 1. The summed E-state index contributed by atoms with van der Waals surface area (Å²) in [5.41, 5.74) is 6.59. The monoisotopic (exact) mass is 514 g/mol. The van der Waals surface area contributed by atoms with Crippen LogP contribution in [0.1, 0.15) is 49.8 Å². The highest BCUT2D eigenvalue weighted by Crippen LogP contribution is 2.30. The highest BCUT2D eigenvalue weighted by atomic mass is 16.4. The van der Waals surface area contributed by atoms with Crippen molar-refractivity contribution >= 4 is 17.5 Å². The zero-order chi connectivity index (χ0) is 27.4. The van der Waals surface area contributed by atoms with Gasteiger partial charge in [-0.2, -0.15) is 0 Å². The fourth-order valence-electron chi connectivity index (χ4n) is 4.08. The summed E-state index contributed by atoms with van der Waals surface area (Å²) in [6.45, 7) is 7.07. The Morgan fingerprint density at radius 1 is 1.03 bits per heavy atom. The maximum absolute atomic E-state index is 13.4. The Labute approximate surface area is 219 Å². The van der Waals surface area contributed by atoms with Crippen molar-refractivity contribution in [1.29, 1.82) is 0 Å². The number of carbonyl (C=O) groups is 2. The van der Waals surface area contributed by atoms with E-state index in [4.69, 9.17) is 10.2 Å². The summed E-state index contributed by atoms with van der Waals surface area (Å²) in [7, 11) is 0. The second-order valence-electron chi connectivity index (χ2n) is 9.84. The van der Waals surface area contributed by atoms with Crippen molar-refractivity contribution in [2.75, 3.05) is 5.73 Å². The molecule has 1 atom stereocenters. The number of nitrogens with one attached hydrogen (secondary N) is 1. The van der Waals surface area contributed by atoms with Crippen molar-refractivity contribution in [1.82, 2.24) is 25.1 Å². The van der Waals surface area contributed by atoms with Crippen molar-refractivity contribution in [3.63, 3.8) is 0 Å². The van der Waals surface area contributed by atoms with E-state index in [0.29, 0.717) is 11.3 Å². The minimum atomic E-state index is -0.953. The Morgan fingerprint density at radius 3 is 2.29 bits per heavy atom. The molecule has 0 spiro atoms. The first-order chi connectivity index (χ1) is 18.1. The van der Waals surface area contributed by atoms with Gasteiger partial charge in [-0.3, -0.25) is 19.0 Å². The number of carbonyl (C=O) groups excluding carboxylic acids is 2. The molecule has 0 unspecified atom stereocenters. The molecule has 4 rings (SSSR count). The van der Waals surface area contributed by atoms with Gasteiger partial charge in [0.15, 0.2) is 5.82 Å². The average Bonchev–Trinajstić information content (AvgIpc) is 3.42. The fourth-order valence-corrected chi connectivity index (χ4v) is 4.08. The summed E-state index contributed by atoms with van der Waals surface area (Å²) in [4.78, 5) is 43.2. The maximum Gasteiger partial charge on any atom is 0.294 e. The Morgan fingerprint density at radius 2 is 1.66 bits per heavy atom. The van der Waals surface area contributed by atoms with Crippen LogP contribution in [0, 0.1) is 5.92 Å². The molecule has 0 aliphatic carbocycles. The van der Waals surface area contributed by atoms with Gasteiger partial charge in [0.2, 0.25) is 17.6 Å². The molecule has 2 heterocycles. The van der Waals surface area contributed by atoms with E-state index in [2.05, 4.69) is 20.5 Å². The minimum absolute atomic E-state index is 0.196. The van der Waals surface area contributed by atoms with E-state index in [1.54, 1.807) is 26.0 Å². The molecule has 0 fully saturated rings. The van der Waals surface area contributed by atoms with E-state index < -0.39 is 28.7 Å². The molecule has 2 aromatic heterocycles. The van der Waals surface area contributed by atoms with Crippen LogP contribution in [0.2, 0.25) is 0 Å². The first-order valence-corrected chi connectivity index (χ1v) is 12.2. The fraction of sp³-hybridized carbons (Fsp3) is 0.286. The largest absolute Gasteiger partial charge is 0.417 e. The van der Waals surface area contributed by atoms with Crippen LogP contribution >= 0.6 is 0 Å². The van der Waals surface area contributed by atoms with Crippen molar-refractivity contribution < 1.29 is 14.0 Å². The number of anilines is 1. The lowest BCUT2D eigenvalue weighted by Gasteiger charge is -2.21. The van der Waals surface area contributed by atoms with E-state index in [1.807, 2.05) is 62.4 Å². The highest BCUT2D eigenvalue weighted by molar-refractivity contribution is 5.98. The Hall–Kier alpha value is -4.60. The third-order valence-electron chi connectivity index (χ3n) is 6.38. The SMILES string of the molecule is CC(C)[C@H](NC(=O)Cn1c(-c2ccccc2)cnc(N)c1=O)C(=O)c1nnc(C(C)(C)c2ccccc2)o1. The van der Waals surface area contributed by atoms with Gasteiger partial charge >= 0.3 is 0 Å². The van der Waals surface area contributed by atoms with Crippen molar-refractivity contribution in [3.05, 3.63) is 94.6 Å². The van der Waals surface area contributed by atoms with Crippen molar-refractivity contribution in [3.8, 4) is 11.3 Å². The summed E-state index contributed by atoms with van der Waals surface area (Å²) in [6, 6.07) is 17.7. The van der Waals surface area contributed by atoms with Gasteiger partial charge in [-0.05, 0) is 30.9 Å². The molecule has 0 aliphatic rings. The van der Waals surface area contributed by atoms with Gasteiger partial charge in [0.25, 0.3) is 11.4 Å². The number of hydrogen-bond acceptors (Lipinski definition) is 8. The smallest absolute Gasteiger partial charge is 0.294 e. The van der Waals surface area contributed by atoms with Gasteiger partial charge in [-0.15, -0.1) is 10.2 Å². The zero-order valence-electron chi connectivity index (χ0n) is 21.7. The lowest BCUT2D eigenvalue weighted by molar-refractivity contribution is -0.122. The second kappa shape index (κ2) is 10.8.